The molecule has 1 aromatic rings. The molecule has 1 aliphatic carbocycles. The van der Waals surface area contributed by atoms with Crippen molar-refractivity contribution < 1.29 is 9.90 Å². The van der Waals surface area contributed by atoms with Crippen LogP contribution in [0.1, 0.15) is 38.1 Å². The second-order valence-electron chi connectivity index (χ2n) is 8.28. The maximum atomic E-state index is 11.8. The van der Waals surface area contributed by atoms with Crippen molar-refractivity contribution in [1.82, 2.24) is 9.97 Å². The molecule has 11 heteroatoms. The number of amides is 1. The van der Waals surface area contributed by atoms with E-state index in [4.69, 9.17) is 37.1 Å². The monoisotopic (exact) mass is 361 g/mol. The maximum absolute atomic E-state index is 11.8. The van der Waals surface area contributed by atoms with Gasteiger partial charge in [-0.05, 0) is 26.7 Å². The average molecular weight is 361 g/mol. The van der Waals surface area contributed by atoms with Crippen LogP contribution in [-0.2, 0) is 0 Å². The third kappa shape index (κ3) is 4.45. The zero-order chi connectivity index (χ0) is 20.7. The zero-order valence-corrected chi connectivity index (χ0v) is 16.1. The minimum Gasteiger partial charge on any atom is -0.394 e. The van der Waals surface area contributed by atoms with E-state index in [9.17, 15) is 9.90 Å². The molecule has 8 radical (unpaired) electrons. The Morgan fingerprint density at radius 2 is 1.89 bits per heavy atom. The quantitative estimate of drug-likeness (QED) is 0.560. The number of nitrogens with one attached hydrogen (secondary N) is 2. The van der Waals surface area contributed by atoms with E-state index in [1.807, 2.05) is 20.8 Å². The second-order valence-corrected chi connectivity index (χ2v) is 8.28. The van der Waals surface area contributed by atoms with Crippen LogP contribution in [0.4, 0.5) is 11.8 Å². The van der Waals surface area contributed by atoms with Gasteiger partial charge in [-0.3, -0.25) is 4.79 Å². The molecule has 5 unspecified atom stereocenters. The van der Waals surface area contributed by atoms with Crippen LogP contribution in [0.3, 0.4) is 0 Å². The lowest BCUT2D eigenvalue weighted by Crippen LogP contribution is -2.55. The molecule has 27 heavy (non-hydrogen) atoms. The number of primary amides is 1. The Hall–Kier alpha value is -1.63. The molecule has 1 aliphatic rings. The van der Waals surface area contributed by atoms with Gasteiger partial charge in [-0.15, -0.1) is 0 Å². The van der Waals surface area contributed by atoms with Gasteiger partial charge in [0.1, 0.15) is 5.82 Å². The lowest BCUT2D eigenvalue weighted by Gasteiger charge is -2.54. The van der Waals surface area contributed by atoms with Crippen molar-refractivity contribution in [2.75, 3.05) is 10.6 Å². The Morgan fingerprint density at radius 1 is 1.30 bits per heavy atom. The summed E-state index contributed by atoms with van der Waals surface area (Å²) >= 11 is 0. The largest absolute Gasteiger partial charge is 0.394 e. The van der Waals surface area contributed by atoms with Gasteiger partial charge in [0.2, 0.25) is 5.95 Å². The third-order valence-corrected chi connectivity index (χ3v) is 4.82. The van der Waals surface area contributed by atoms with Crippen molar-refractivity contribution in [3.05, 3.63) is 11.8 Å². The van der Waals surface area contributed by atoms with Crippen molar-refractivity contribution in [3.63, 3.8) is 0 Å². The molecular formula is C16H23B4N5O2. The fourth-order valence-electron chi connectivity index (χ4n) is 3.19. The van der Waals surface area contributed by atoms with E-state index in [0.29, 0.717) is 0 Å². The molecule has 7 nitrogen and oxygen atoms in total. The number of hydrogen-bond acceptors (Lipinski definition) is 6. The van der Waals surface area contributed by atoms with Gasteiger partial charge < -0.3 is 21.5 Å². The number of nitrogens with zero attached hydrogens (tertiary/aromatic N) is 2. The summed E-state index contributed by atoms with van der Waals surface area (Å²) in [6.45, 7) is 7.53. The topological polar surface area (TPSA) is 113 Å². The second kappa shape index (κ2) is 7.41. The van der Waals surface area contributed by atoms with E-state index in [-0.39, 0.29) is 22.9 Å². The maximum Gasteiger partial charge on any atom is 0.254 e. The van der Waals surface area contributed by atoms with Crippen molar-refractivity contribution in [2.24, 2.45) is 11.7 Å². The SMILES string of the molecule is [B]C1C([B])C(Nc2nc(NC(C)(C)C)ncc2C(N)=O)C([B])([B])C(O)C1C. The molecule has 5 N–H and O–H groups in total. The van der Waals surface area contributed by atoms with Crippen LogP contribution in [0.15, 0.2) is 6.20 Å². The molecule has 0 aromatic carbocycles. The summed E-state index contributed by atoms with van der Waals surface area (Å²) in [4.78, 5) is 20.2. The van der Waals surface area contributed by atoms with Crippen LogP contribution in [-0.4, -0.2) is 70.1 Å². The highest BCUT2D eigenvalue weighted by Gasteiger charge is 2.48. The summed E-state index contributed by atoms with van der Waals surface area (Å²) in [6.07, 6.45) is 0.184. The third-order valence-electron chi connectivity index (χ3n) is 4.82. The number of rotatable bonds is 4. The average Bonchev–Trinajstić information content (AvgIpc) is 2.54. The van der Waals surface area contributed by atoms with Gasteiger partial charge in [-0.2, -0.15) is 4.98 Å². The van der Waals surface area contributed by atoms with Crippen LogP contribution in [0.5, 0.6) is 0 Å². The highest BCUT2D eigenvalue weighted by Crippen LogP contribution is 2.51. The summed E-state index contributed by atoms with van der Waals surface area (Å²) in [5.41, 5.74) is 5.16. The van der Waals surface area contributed by atoms with Gasteiger partial charge >= 0.3 is 0 Å². The van der Waals surface area contributed by atoms with Crippen molar-refractivity contribution in [1.29, 1.82) is 0 Å². The molecule has 2 rings (SSSR count). The number of carbonyl (C=O) groups excluding carboxylic acids is 1. The van der Waals surface area contributed by atoms with Gasteiger partial charge in [0.05, 0.1) is 36.9 Å². The van der Waals surface area contributed by atoms with Crippen molar-refractivity contribution >= 4 is 49.1 Å². The molecule has 0 saturated heterocycles. The van der Waals surface area contributed by atoms with Crippen LogP contribution in [0.25, 0.3) is 0 Å². The summed E-state index contributed by atoms with van der Waals surface area (Å²) in [5.74, 6) is -2.03. The molecule has 1 fully saturated rings. The van der Waals surface area contributed by atoms with Crippen LogP contribution in [0.2, 0.25) is 16.8 Å². The van der Waals surface area contributed by atoms with E-state index in [1.165, 1.54) is 6.20 Å². The first-order chi connectivity index (χ1) is 12.3. The predicted molar refractivity (Wildman–Crippen MR) is 110 cm³/mol. The Kier molecular flexibility index (Phi) is 5.95. The summed E-state index contributed by atoms with van der Waals surface area (Å²) in [6, 6.07) is -0.866. The minimum absolute atomic E-state index is 0.0409. The standard InChI is InChI=1S/C16H23B4N5O2/c1-6-8(17)9(18)10(16(19,20)11(6)26)23-13-7(12(21)27)5-22-14(24-13)25-15(2,3)4/h5-6,8-11,26H,1-4H3,(H2,21,27)(H2,22,23,24,25). The first kappa shape index (κ1) is 21.7. The Labute approximate surface area is 165 Å². The van der Waals surface area contributed by atoms with E-state index in [1.54, 1.807) is 6.92 Å². The Bertz CT molecular complexity index is 713. The molecule has 136 valence electrons. The molecule has 5 atom stereocenters. The number of hydrogen-bond donors (Lipinski definition) is 4. The number of anilines is 2. The molecule has 1 amide bonds. The molecule has 1 aromatic heterocycles. The van der Waals surface area contributed by atoms with Crippen LogP contribution < -0.4 is 16.4 Å². The van der Waals surface area contributed by atoms with Crippen LogP contribution in [0, 0.1) is 5.92 Å². The van der Waals surface area contributed by atoms with E-state index >= 15 is 0 Å². The van der Waals surface area contributed by atoms with E-state index < -0.39 is 40.8 Å². The Balaban J connectivity index is 2.44. The molecule has 0 aliphatic heterocycles. The molecular weight excluding hydrogens is 337 g/mol. The number of carbonyl (C=O) groups is 1. The highest BCUT2D eigenvalue weighted by molar-refractivity contribution is 6.42. The molecule has 1 saturated carbocycles. The fourth-order valence-corrected chi connectivity index (χ4v) is 3.19. The fraction of sp³-hybridized carbons (Fsp3) is 0.688. The first-order valence-electron chi connectivity index (χ1n) is 8.74. The van der Waals surface area contributed by atoms with Gasteiger partial charge in [0.25, 0.3) is 5.91 Å². The summed E-state index contributed by atoms with van der Waals surface area (Å²) < 4.78 is 0. The van der Waals surface area contributed by atoms with Gasteiger partial charge in [0.15, 0.2) is 0 Å². The number of aromatic nitrogens is 2. The van der Waals surface area contributed by atoms with Gasteiger partial charge in [0, 0.05) is 23.9 Å². The Morgan fingerprint density at radius 3 is 2.41 bits per heavy atom. The predicted octanol–water partition coefficient (Wildman–Crippen LogP) is -0.0558. The normalized spacial score (nSPS) is 30.5. The van der Waals surface area contributed by atoms with Crippen molar-refractivity contribution in [2.45, 2.75) is 62.2 Å². The minimum atomic E-state index is -1.60. The summed E-state index contributed by atoms with van der Waals surface area (Å²) in [5, 5.41) is 14.9. The zero-order valence-electron chi connectivity index (χ0n) is 16.1. The first-order valence-corrected chi connectivity index (χ1v) is 8.74. The molecule has 0 bridgehead atoms. The number of nitrogens with two attached hydrogens (primary N) is 1. The van der Waals surface area contributed by atoms with Crippen LogP contribution >= 0.6 is 0 Å². The number of aliphatic hydroxyl groups excluding tert-OH is 1. The van der Waals surface area contributed by atoms with Gasteiger partial charge in [-0.1, -0.05) is 23.8 Å². The van der Waals surface area contributed by atoms with E-state index in [2.05, 4.69) is 20.6 Å². The smallest absolute Gasteiger partial charge is 0.254 e. The van der Waals surface area contributed by atoms with Crippen molar-refractivity contribution in [3.8, 4) is 0 Å². The molecule has 1 heterocycles. The lowest BCUT2D eigenvalue weighted by molar-refractivity contribution is 0.0613. The summed E-state index contributed by atoms with van der Waals surface area (Å²) in [7, 11) is 24.7. The van der Waals surface area contributed by atoms with Gasteiger partial charge in [-0.25, -0.2) is 4.98 Å². The lowest BCUT2D eigenvalue weighted by atomic mass is 9.35. The molecule has 0 spiro atoms. The number of aliphatic hydroxyl groups is 1. The van der Waals surface area contributed by atoms with E-state index in [0.717, 1.165) is 0 Å². The highest BCUT2D eigenvalue weighted by atomic mass is 16.3.